The molecule has 100 valence electrons. The summed E-state index contributed by atoms with van der Waals surface area (Å²) < 4.78 is 11.0. The van der Waals surface area contributed by atoms with Gasteiger partial charge in [0.2, 0.25) is 0 Å². The number of benzene rings is 1. The first kappa shape index (κ1) is 13.4. The molecule has 18 heavy (non-hydrogen) atoms. The minimum atomic E-state index is 0.212. The van der Waals surface area contributed by atoms with Crippen molar-refractivity contribution in [3.8, 4) is 5.75 Å². The lowest BCUT2D eigenvalue weighted by Gasteiger charge is -2.16. The maximum atomic E-state index is 5.88. The van der Waals surface area contributed by atoms with E-state index in [4.69, 9.17) is 9.47 Å². The Morgan fingerprint density at radius 2 is 2.22 bits per heavy atom. The van der Waals surface area contributed by atoms with E-state index in [2.05, 4.69) is 37.4 Å². The lowest BCUT2D eigenvalue weighted by atomic mass is 10.0. The third-order valence-electron chi connectivity index (χ3n) is 3.40. The van der Waals surface area contributed by atoms with Crippen LogP contribution in [0.3, 0.4) is 0 Å². The largest absolute Gasteiger partial charge is 0.488 e. The van der Waals surface area contributed by atoms with E-state index in [-0.39, 0.29) is 6.10 Å². The van der Waals surface area contributed by atoms with Gasteiger partial charge in [0.05, 0.1) is 12.6 Å². The van der Waals surface area contributed by atoms with Gasteiger partial charge >= 0.3 is 0 Å². The van der Waals surface area contributed by atoms with Crippen LogP contribution in [0.4, 0.5) is 0 Å². The number of fused-ring (bicyclic) bond motifs is 1. The van der Waals surface area contributed by atoms with Gasteiger partial charge in [0.25, 0.3) is 0 Å². The van der Waals surface area contributed by atoms with Gasteiger partial charge in [0.15, 0.2) is 0 Å². The summed E-state index contributed by atoms with van der Waals surface area (Å²) in [4.78, 5) is 0. The molecule has 0 fully saturated rings. The Morgan fingerprint density at radius 3 is 2.94 bits per heavy atom. The molecular weight excluding hydrogens is 226 g/mol. The van der Waals surface area contributed by atoms with Gasteiger partial charge < -0.3 is 14.8 Å². The fraction of sp³-hybridized carbons (Fsp3) is 0.600. The maximum Gasteiger partial charge on any atom is 0.124 e. The lowest BCUT2D eigenvalue weighted by Crippen LogP contribution is -2.29. The summed E-state index contributed by atoms with van der Waals surface area (Å²) in [5.74, 6) is 1.03. The highest BCUT2D eigenvalue weighted by Gasteiger charge is 2.30. The molecule has 0 amide bonds. The zero-order valence-electron chi connectivity index (χ0n) is 11.5. The molecular formula is C15H23NO2. The standard InChI is InChI=1S/C15H23NO2/c1-4-8-16-15-11(2)18-14-6-5-12(7-9-17-3)10-13(14)15/h5-6,10-11,15-16H,4,7-9H2,1-3H3. The molecule has 3 nitrogen and oxygen atoms in total. The van der Waals surface area contributed by atoms with E-state index in [9.17, 15) is 0 Å². The molecule has 2 rings (SSSR count). The molecule has 0 saturated carbocycles. The van der Waals surface area contributed by atoms with Gasteiger partial charge in [-0.1, -0.05) is 19.1 Å². The SMILES string of the molecule is CCCNC1c2cc(CCOC)ccc2OC1C. The molecule has 0 spiro atoms. The molecule has 0 radical (unpaired) electrons. The summed E-state index contributed by atoms with van der Waals surface area (Å²) in [7, 11) is 1.74. The van der Waals surface area contributed by atoms with E-state index < -0.39 is 0 Å². The van der Waals surface area contributed by atoms with Gasteiger partial charge in [-0.3, -0.25) is 0 Å². The summed E-state index contributed by atoms with van der Waals surface area (Å²) >= 11 is 0. The van der Waals surface area contributed by atoms with Crippen LogP contribution >= 0.6 is 0 Å². The van der Waals surface area contributed by atoms with Crippen LogP contribution in [0.2, 0.25) is 0 Å². The van der Waals surface area contributed by atoms with Crippen LogP contribution in [0, 0.1) is 0 Å². The van der Waals surface area contributed by atoms with E-state index in [0.29, 0.717) is 6.04 Å². The van der Waals surface area contributed by atoms with E-state index in [1.165, 1.54) is 11.1 Å². The van der Waals surface area contributed by atoms with Crippen LogP contribution in [-0.2, 0) is 11.2 Å². The van der Waals surface area contributed by atoms with Crippen molar-refractivity contribution in [2.24, 2.45) is 0 Å². The highest BCUT2D eigenvalue weighted by atomic mass is 16.5. The smallest absolute Gasteiger partial charge is 0.124 e. The van der Waals surface area contributed by atoms with E-state index in [1.54, 1.807) is 7.11 Å². The van der Waals surface area contributed by atoms with Crippen molar-refractivity contribution in [2.45, 2.75) is 38.8 Å². The number of methoxy groups -OCH3 is 1. The molecule has 1 aromatic rings. The van der Waals surface area contributed by atoms with Crippen LogP contribution in [0.1, 0.15) is 37.4 Å². The monoisotopic (exact) mass is 249 g/mol. The Labute approximate surface area is 109 Å². The van der Waals surface area contributed by atoms with E-state index in [1.807, 2.05) is 0 Å². The molecule has 0 saturated heterocycles. The van der Waals surface area contributed by atoms with Crippen LogP contribution in [0.5, 0.6) is 5.75 Å². The number of hydrogen-bond donors (Lipinski definition) is 1. The topological polar surface area (TPSA) is 30.5 Å². The first-order valence-corrected chi connectivity index (χ1v) is 6.78. The number of rotatable bonds is 6. The van der Waals surface area contributed by atoms with Gasteiger partial charge in [-0.2, -0.15) is 0 Å². The first-order chi connectivity index (χ1) is 8.76. The molecule has 1 aromatic carbocycles. The highest BCUT2D eigenvalue weighted by Crippen LogP contribution is 2.37. The highest BCUT2D eigenvalue weighted by molar-refractivity contribution is 5.43. The number of ether oxygens (including phenoxy) is 2. The Morgan fingerprint density at radius 1 is 1.39 bits per heavy atom. The quantitative estimate of drug-likeness (QED) is 0.841. The Kier molecular flexibility index (Phi) is 4.61. The molecule has 2 unspecified atom stereocenters. The Hall–Kier alpha value is -1.06. The first-order valence-electron chi connectivity index (χ1n) is 6.78. The summed E-state index contributed by atoms with van der Waals surface area (Å²) in [5.41, 5.74) is 2.61. The molecule has 1 N–H and O–H groups in total. The van der Waals surface area contributed by atoms with Gasteiger partial charge in [-0.15, -0.1) is 0 Å². The third kappa shape index (κ3) is 2.85. The second kappa shape index (κ2) is 6.21. The zero-order valence-corrected chi connectivity index (χ0v) is 11.5. The van der Waals surface area contributed by atoms with Crippen LogP contribution in [0.15, 0.2) is 18.2 Å². The summed E-state index contributed by atoms with van der Waals surface area (Å²) in [6, 6.07) is 6.80. The molecule has 0 bridgehead atoms. The lowest BCUT2D eigenvalue weighted by molar-refractivity contribution is 0.202. The van der Waals surface area contributed by atoms with Gasteiger partial charge in [0, 0.05) is 12.7 Å². The second-order valence-electron chi connectivity index (χ2n) is 4.87. The summed E-state index contributed by atoms with van der Waals surface area (Å²) in [6.45, 7) is 6.11. The Balaban J connectivity index is 2.14. The molecule has 2 atom stereocenters. The van der Waals surface area contributed by atoms with E-state index in [0.717, 1.165) is 31.7 Å². The molecule has 1 aliphatic rings. The van der Waals surface area contributed by atoms with Crippen molar-refractivity contribution in [2.75, 3.05) is 20.3 Å². The minimum Gasteiger partial charge on any atom is -0.488 e. The van der Waals surface area contributed by atoms with Crippen molar-refractivity contribution < 1.29 is 9.47 Å². The fourth-order valence-electron chi connectivity index (χ4n) is 2.42. The van der Waals surface area contributed by atoms with Gasteiger partial charge in [0.1, 0.15) is 11.9 Å². The predicted molar refractivity (Wildman–Crippen MR) is 73.1 cm³/mol. The average molecular weight is 249 g/mol. The van der Waals surface area contributed by atoms with Crippen molar-refractivity contribution in [1.82, 2.24) is 5.32 Å². The second-order valence-corrected chi connectivity index (χ2v) is 4.87. The summed E-state index contributed by atoms with van der Waals surface area (Å²) in [6.07, 6.45) is 2.31. The molecule has 0 aliphatic carbocycles. The van der Waals surface area contributed by atoms with Crippen molar-refractivity contribution in [3.63, 3.8) is 0 Å². The van der Waals surface area contributed by atoms with Crippen molar-refractivity contribution in [1.29, 1.82) is 0 Å². The molecule has 3 heteroatoms. The minimum absolute atomic E-state index is 0.212. The van der Waals surface area contributed by atoms with Crippen LogP contribution < -0.4 is 10.1 Å². The molecule has 0 aromatic heterocycles. The fourth-order valence-corrected chi connectivity index (χ4v) is 2.42. The van der Waals surface area contributed by atoms with Crippen molar-refractivity contribution in [3.05, 3.63) is 29.3 Å². The summed E-state index contributed by atoms with van der Waals surface area (Å²) in [5, 5.41) is 3.56. The number of hydrogen-bond acceptors (Lipinski definition) is 3. The Bertz CT molecular complexity index is 392. The zero-order chi connectivity index (χ0) is 13.0. The molecule has 1 aliphatic heterocycles. The van der Waals surface area contributed by atoms with Crippen LogP contribution in [0.25, 0.3) is 0 Å². The van der Waals surface area contributed by atoms with Crippen molar-refractivity contribution >= 4 is 0 Å². The average Bonchev–Trinajstić information content (AvgIpc) is 2.69. The normalized spacial score (nSPS) is 21.7. The van der Waals surface area contributed by atoms with Gasteiger partial charge in [-0.25, -0.2) is 0 Å². The van der Waals surface area contributed by atoms with Crippen LogP contribution in [-0.4, -0.2) is 26.4 Å². The molecule has 1 heterocycles. The third-order valence-corrected chi connectivity index (χ3v) is 3.40. The maximum absolute atomic E-state index is 5.88. The predicted octanol–water partition coefficient (Wildman–Crippen LogP) is 2.70. The number of nitrogens with one attached hydrogen (secondary N) is 1. The van der Waals surface area contributed by atoms with Gasteiger partial charge in [-0.05, 0) is 37.9 Å². The van der Waals surface area contributed by atoms with E-state index >= 15 is 0 Å².